The Morgan fingerprint density at radius 3 is 2.70 bits per heavy atom. The maximum Gasteiger partial charge on any atom is 0.253 e. The Hall–Kier alpha value is -2.27. The van der Waals surface area contributed by atoms with Crippen LogP contribution >= 0.6 is 0 Å². The molecular formula is C18H19FN2O2. The number of benzene rings is 1. The number of hydrogen-bond acceptors (Lipinski definition) is 3. The second kappa shape index (κ2) is 7.33. The number of amides is 1. The van der Waals surface area contributed by atoms with E-state index in [4.69, 9.17) is 4.74 Å². The zero-order valence-corrected chi connectivity index (χ0v) is 12.8. The predicted octanol–water partition coefficient (Wildman–Crippen LogP) is 2.72. The number of nitrogens with one attached hydrogen (secondary N) is 1. The maximum atomic E-state index is 13.6. The van der Waals surface area contributed by atoms with E-state index in [-0.39, 0.29) is 17.8 Å². The van der Waals surface area contributed by atoms with Gasteiger partial charge in [0.2, 0.25) is 0 Å². The van der Waals surface area contributed by atoms with E-state index in [9.17, 15) is 9.18 Å². The normalized spacial score (nSPS) is 15.3. The molecule has 1 N–H and O–H groups in total. The van der Waals surface area contributed by atoms with E-state index >= 15 is 0 Å². The van der Waals surface area contributed by atoms with Gasteiger partial charge in [0.15, 0.2) is 0 Å². The second-order valence-electron chi connectivity index (χ2n) is 5.67. The molecule has 1 aliphatic rings. The van der Waals surface area contributed by atoms with Gasteiger partial charge in [-0.2, -0.15) is 0 Å². The van der Waals surface area contributed by atoms with Crippen molar-refractivity contribution in [2.75, 3.05) is 13.2 Å². The van der Waals surface area contributed by atoms with Crippen LogP contribution in [-0.2, 0) is 11.2 Å². The highest BCUT2D eigenvalue weighted by atomic mass is 19.1. The van der Waals surface area contributed by atoms with Crippen LogP contribution < -0.4 is 5.32 Å². The van der Waals surface area contributed by atoms with Gasteiger partial charge in [0.1, 0.15) is 5.82 Å². The smallest absolute Gasteiger partial charge is 0.253 e. The number of carbonyl (C=O) groups is 1. The van der Waals surface area contributed by atoms with Crippen molar-refractivity contribution in [1.82, 2.24) is 10.3 Å². The second-order valence-corrected chi connectivity index (χ2v) is 5.67. The first-order valence-corrected chi connectivity index (χ1v) is 7.79. The highest BCUT2D eigenvalue weighted by Crippen LogP contribution is 2.12. The molecule has 1 fully saturated rings. The number of rotatable bonds is 4. The summed E-state index contributed by atoms with van der Waals surface area (Å²) in [7, 11) is 0. The Kier molecular flexibility index (Phi) is 4.98. The van der Waals surface area contributed by atoms with Crippen molar-refractivity contribution in [3.05, 3.63) is 65.2 Å². The van der Waals surface area contributed by atoms with Gasteiger partial charge < -0.3 is 10.1 Å². The zero-order chi connectivity index (χ0) is 16.1. The first-order valence-electron chi connectivity index (χ1n) is 7.79. The third kappa shape index (κ3) is 4.13. The largest absolute Gasteiger partial charge is 0.381 e. The third-order valence-corrected chi connectivity index (χ3v) is 3.97. The molecule has 4 nitrogen and oxygen atoms in total. The lowest BCUT2D eigenvalue weighted by Gasteiger charge is -2.23. The van der Waals surface area contributed by atoms with Crippen LogP contribution in [0.25, 0.3) is 0 Å². The average Bonchev–Trinajstić information content (AvgIpc) is 2.58. The molecule has 1 aliphatic heterocycles. The Labute approximate surface area is 134 Å². The van der Waals surface area contributed by atoms with Crippen molar-refractivity contribution in [3.63, 3.8) is 0 Å². The van der Waals surface area contributed by atoms with E-state index in [2.05, 4.69) is 10.3 Å². The monoisotopic (exact) mass is 314 g/mol. The molecule has 0 radical (unpaired) electrons. The lowest BCUT2D eigenvalue weighted by molar-refractivity contribution is 0.0696. The van der Waals surface area contributed by atoms with Gasteiger partial charge in [-0.1, -0.05) is 18.2 Å². The number of ether oxygens (including phenoxy) is 1. The number of carbonyl (C=O) groups excluding carboxylic acids is 1. The van der Waals surface area contributed by atoms with Crippen molar-refractivity contribution in [2.45, 2.75) is 25.3 Å². The van der Waals surface area contributed by atoms with E-state index in [1.165, 1.54) is 6.07 Å². The standard InChI is InChI=1S/C18H19FN2O2/c19-17-4-2-1-3-13(17)11-16-6-5-14(12-20-16)18(22)21-15-7-9-23-10-8-15/h1-6,12,15H,7-11H2,(H,21,22). The van der Waals surface area contributed by atoms with Crippen LogP contribution in [0.1, 0.15) is 34.5 Å². The topological polar surface area (TPSA) is 51.2 Å². The van der Waals surface area contributed by atoms with Gasteiger partial charge in [0, 0.05) is 37.6 Å². The molecule has 5 heteroatoms. The highest BCUT2D eigenvalue weighted by Gasteiger charge is 2.17. The number of hydrogen-bond donors (Lipinski definition) is 1. The Balaban J connectivity index is 1.62. The first-order chi connectivity index (χ1) is 11.2. The molecule has 23 heavy (non-hydrogen) atoms. The van der Waals surface area contributed by atoms with Crippen LogP contribution in [0.5, 0.6) is 0 Å². The van der Waals surface area contributed by atoms with Crippen molar-refractivity contribution >= 4 is 5.91 Å². The summed E-state index contributed by atoms with van der Waals surface area (Å²) in [5.74, 6) is -0.363. The highest BCUT2D eigenvalue weighted by molar-refractivity contribution is 5.94. The molecule has 1 saturated heterocycles. The first kappa shape index (κ1) is 15.6. The molecule has 1 aromatic carbocycles. The van der Waals surface area contributed by atoms with Crippen LogP contribution in [0.3, 0.4) is 0 Å². The molecule has 0 unspecified atom stereocenters. The fourth-order valence-electron chi connectivity index (χ4n) is 2.61. The number of halogens is 1. The van der Waals surface area contributed by atoms with Crippen molar-refractivity contribution in [1.29, 1.82) is 0 Å². The SMILES string of the molecule is O=C(NC1CCOCC1)c1ccc(Cc2ccccc2F)nc1. The number of nitrogens with zero attached hydrogens (tertiary/aromatic N) is 1. The van der Waals surface area contributed by atoms with Crippen molar-refractivity contribution in [3.8, 4) is 0 Å². The van der Waals surface area contributed by atoms with E-state index in [0.29, 0.717) is 30.8 Å². The summed E-state index contributed by atoms with van der Waals surface area (Å²) in [6, 6.07) is 10.3. The molecule has 2 aromatic rings. The molecule has 120 valence electrons. The molecule has 0 spiro atoms. The van der Waals surface area contributed by atoms with Gasteiger partial charge in [-0.05, 0) is 36.6 Å². The maximum absolute atomic E-state index is 13.6. The van der Waals surface area contributed by atoms with Gasteiger partial charge >= 0.3 is 0 Å². The fourth-order valence-corrected chi connectivity index (χ4v) is 2.61. The number of aromatic nitrogens is 1. The summed E-state index contributed by atoms with van der Waals surface area (Å²) in [5.41, 5.74) is 1.85. The van der Waals surface area contributed by atoms with Crippen molar-refractivity contribution in [2.24, 2.45) is 0 Å². The fraction of sp³-hybridized carbons (Fsp3) is 0.333. The lowest BCUT2D eigenvalue weighted by Crippen LogP contribution is -2.38. The Morgan fingerprint density at radius 2 is 2.00 bits per heavy atom. The predicted molar refractivity (Wildman–Crippen MR) is 84.8 cm³/mol. The molecule has 1 amide bonds. The molecule has 1 aromatic heterocycles. The van der Waals surface area contributed by atoms with Gasteiger partial charge in [0.25, 0.3) is 5.91 Å². The van der Waals surface area contributed by atoms with E-state index in [1.54, 1.807) is 36.5 Å². The van der Waals surface area contributed by atoms with Gasteiger partial charge in [-0.3, -0.25) is 9.78 Å². The quantitative estimate of drug-likeness (QED) is 0.944. The molecular weight excluding hydrogens is 295 g/mol. The Bertz CT molecular complexity index is 667. The minimum atomic E-state index is -0.240. The Morgan fingerprint density at radius 1 is 1.22 bits per heavy atom. The number of pyridine rings is 1. The van der Waals surface area contributed by atoms with Crippen LogP contribution in [-0.4, -0.2) is 30.1 Å². The minimum Gasteiger partial charge on any atom is -0.381 e. The minimum absolute atomic E-state index is 0.123. The summed E-state index contributed by atoms with van der Waals surface area (Å²) in [6.45, 7) is 1.37. The molecule has 3 rings (SSSR count). The molecule has 0 atom stereocenters. The van der Waals surface area contributed by atoms with Crippen LogP contribution in [0.15, 0.2) is 42.6 Å². The van der Waals surface area contributed by atoms with E-state index < -0.39 is 0 Å². The van der Waals surface area contributed by atoms with Crippen LogP contribution in [0.2, 0.25) is 0 Å². The summed E-state index contributed by atoms with van der Waals surface area (Å²) >= 11 is 0. The lowest BCUT2D eigenvalue weighted by atomic mass is 10.1. The third-order valence-electron chi connectivity index (χ3n) is 3.97. The zero-order valence-electron chi connectivity index (χ0n) is 12.8. The van der Waals surface area contributed by atoms with E-state index in [0.717, 1.165) is 18.5 Å². The summed E-state index contributed by atoms with van der Waals surface area (Å²) in [6.07, 6.45) is 3.63. The molecule has 2 heterocycles. The molecule has 0 aliphatic carbocycles. The average molecular weight is 314 g/mol. The van der Waals surface area contributed by atoms with Crippen LogP contribution in [0.4, 0.5) is 4.39 Å². The van der Waals surface area contributed by atoms with Crippen molar-refractivity contribution < 1.29 is 13.9 Å². The van der Waals surface area contributed by atoms with Gasteiger partial charge in [-0.25, -0.2) is 4.39 Å². The van der Waals surface area contributed by atoms with Gasteiger partial charge in [-0.15, -0.1) is 0 Å². The van der Waals surface area contributed by atoms with Gasteiger partial charge in [0.05, 0.1) is 5.56 Å². The van der Waals surface area contributed by atoms with Crippen LogP contribution in [0, 0.1) is 5.82 Å². The molecule has 0 saturated carbocycles. The molecule has 0 bridgehead atoms. The van der Waals surface area contributed by atoms with E-state index in [1.807, 2.05) is 0 Å². The summed E-state index contributed by atoms with van der Waals surface area (Å²) < 4.78 is 18.9. The summed E-state index contributed by atoms with van der Waals surface area (Å²) in [4.78, 5) is 16.5. The summed E-state index contributed by atoms with van der Waals surface area (Å²) in [5, 5.41) is 2.99.